The molecule has 10 rings (SSSR count). The lowest BCUT2D eigenvalue weighted by Gasteiger charge is -2.61. The number of oxime groups is 2. The molecule has 0 aliphatic heterocycles. The summed E-state index contributed by atoms with van der Waals surface area (Å²) in [5.74, 6) is -3.02. The molecule has 0 aromatic heterocycles. The number of carbonyl (C=O) groups is 6. The molecular formula is C78H104Cl2N2O16P2. The van der Waals surface area contributed by atoms with E-state index in [1.165, 1.54) is 0 Å². The molecule has 2 aromatic rings. The number of allylic oxidation sites excluding steroid dienone is 8. The number of carbonyl (C=O) groups excluding carboxylic acids is 6. The Balaban J connectivity index is 0.000000233. The van der Waals surface area contributed by atoms with Gasteiger partial charge in [0.15, 0.2) is 24.4 Å². The van der Waals surface area contributed by atoms with Crippen molar-refractivity contribution in [3.05, 3.63) is 119 Å². The molecule has 22 heteroatoms. The summed E-state index contributed by atoms with van der Waals surface area (Å²) in [7, 11) is -4.60. The lowest BCUT2D eigenvalue weighted by molar-refractivity contribution is -0.205. The standard InChI is InChI=1S/C40H53ClNO8P.C38H51ClNO8P/c1-8-34(45)48-24-33(44)40(50-35(46)9-2)25(3)19-30-36-31(41)22-28-21-29(13-16-38(28,4)37(36)32(43)23-39(30,40)5)42-49-17-14-26-11-10-12-27(20-26)15-18-51(6,7)47;1-8-32(43)46-22-31(42)38(48-33(44)9-2)23(3)17-28-34-29(39)20-25-19-26(13-15-36(25,4)35(34)30(41)21-37(28,38)5)40-47-16-14-24-11-10-12-27(18-24)49(6,7)45/h10-13,15-16,18,20-21,25,30-32,36-37,43H,8-9,14,17,19,22-24H2,1-7H3;10-13,15,18-19,23,28-30,34-35,41H,8-9,14,16-17,20-22H2,1-7H3/b18-15+,42-29-;40-26-/t25-,30+,31-,32+,36-,37+,38+,39+,40+;23-,28+,29-,30+,34-,35+,36+,37+,38+/m11/s1. The molecule has 2 N–H and O–H groups in total. The number of ketones is 2. The first kappa shape index (κ1) is 78.4. The maximum atomic E-state index is 14.1. The zero-order valence-electron chi connectivity index (χ0n) is 60.6. The van der Waals surface area contributed by atoms with E-state index in [0.29, 0.717) is 63.2 Å². The highest BCUT2D eigenvalue weighted by Gasteiger charge is 2.76. The average molecular weight is 1460 g/mol. The van der Waals surface area contributed by atoms with Gasteiger partial charge in [-0.2, -0.15) is 0 Å². The van der Waals surface area contributed by atoms with Gasteiger partial charge in [-0.05, 0) is 142 Å². The van der Waals surface area contributed by atoms with Gasteiger partial charge in [-0.25, -0.2) is 0 Å². The molecule has 100 heavy (non-hydrogen) atoms. The number of benzene rings is 2. The van der Waals surface area contributed by atoms with Crippen molar-refractivity contribution in [2.24, 2.45) is 79.3 Å². The monoisotopic (exact) mass is 1460 g/mol. The predicted molar refractivity (Wildman–Crippen MR) is 391 cm³/mol. The first-order valence-electron chi connectivity index (χ1n) is 35.6. The molecular weight excluding hydrogens is 1350 g/mol. The van der Waals surface area contributed by atoms with E-state index in [-0.39, 0.29) is 96.6 Å². The summed E-state index contributed by atoms with van der Waals surface area (Å²) in [6.07, 6.45) is 16.7. The van der Waals surface area contributed by atoms with Crippen molar-refractivity contribution in [1.29, 1.82) is 0 Å². The summed E-state index contributed by atoms with van der Waals surface area (Å²) < 4.78 is 47.5. The number of aliphatic hydroxyl groups excluding tert-OH is 2. The molecule has 0 radical (unpaired) electrons. The largest absolute Gasteiger partial charge is 0.457 e. The van der Waals surface area contributed by atoms with Crippen LogP contribution >= 0.6 is 37.5 Å². The van der Waals surface area contributed by atoms with Gasteiger partial charge in [-0.15, -0.1) is 23.2 Å². The number of hydrogen-bond donors (Lipinski definition) is 2. The number of fused-ring (bicyclic) bond motifs is 10. The molecule has 0 heterocycles. The maximum Gasteiger partial charge on any atom is 0.306 e. The fourth-order valence-corrected chi connectivity index (χ4v) is 21.4. The van der Waals surface area contributed by atoms with Crippen molar-refractivity contribution in [3.8, 4) is 0 Å². The Morgan fingerprint density at radius 2 is 1.01 bits per heavy atom. The van der Waals surface area contributed by atoms with Crippen LogP contribution < -0.4 is 5.30 Å². The van der Waals surface area contributed by atoms with Crippen molar-refractivity contribution in [3.63, 3.8) is 0 Å². The van der Waals surface area contributed by atoms with E-state index in [2.05, 4.69) is 42.4 Å². The van der Waals surface area contributed by atoms with E-state index in [9.17, 15) is 48.1 Å². The van der Waals surface area contributed by atoms with Crippen LogP contribution in [0.25, 0.3) is 6.08 Å². The Morgan fingerprint density at radius 3 is 1.41 bits per heavy atom. The molecule has 0 unspecified atom stereocenters. The fraction of sp³-hybridized carbons (Fsp3) is 0.615. The number of aliphatic hydroxyl groups is 2. The van der Waals surface area contributed by atoms with Crippen molar-refractivity contribution in [2.75, 3.05) is 53.1 Å². The molecule has 18 nitrogen and oxygen atoms in total. The van der Waals surface area contributed by atoms with Gasteiger partial charge in [-0.3, -0.25) is 28.8 Å². The summed E-state index contributed by atoms with van der Waals surface area (Å²) in [4.78, 5) is 89.6. The summed E-state index contributed by atoms with van der Waals surface area (Å²) in [6.45, 7) is 25.4. The normalized spacial score (nSPS) is 35.5. The first-order chi connectivity index (χ1) is 47.0. The number of halogens is 2. The quantitative estimate of drug-likeness (QED) is 0.0262. The number of nitrogens with zero attached hydrogens (tertiary/aromatic N) is 2. The Bertz CT molecular complexity index is 3790. The highest BCUT2D eigenvalue weighted by Crippen LogP contribution is 2.72. The van der Waals surface area contributed by atoms with Gasteiger partial charge in [0.25, 0.3) is 0 Å². The summed E-state index contributed by atoms with van der Waals surface area (Å²) >= 11 is 14.6. The van der Waals surface area contributed by atoms with E-state index < -0.39 is 108 Å². The Morgan fingerprint density at radius 1 is 0.600 bits per heavy atom. The van der Waals surface area contributed by atoms with Gasteiger partial charge in [-0.1, -0.05) is 151 Å². The van der Waals surface area contributed by atoms with E-state index >= 15 is 0 Å². The van der Waals surface area contributed by atoms with E-state index in [1.807, 2.05) is 101 Å². The van der Waals surface area contributed by atoms with Crippen LogP contribution in [0.15, 0.2) is 112 Å². The van der Waals surface area contributed by atoms with Gasteiger partial charge in [0, 0.05) is 99.9 Å². The molecule has 6 fully saturated rings. The van der Waals surface area contributed by atoms with Crippen molar-refractivity contribution < 1.29 is 76.7 Å². The molecule has 546 valence electrons. The zero-order valence-corrected chi connectivity index (χ0v) is 63.9. The molecule has 8 aliphatic carbocycles. The lowest BCUT2D eigenvalue weighted by atomic mass is 9.46. The SMILES string of the molecule is CCC(=O)OCC(=O)[C@@]1(OC(=O)CC)[C@H](C)C[C@H]2[C@H]3[C@H]([C@@H](O)C[C@@]21C)[C@@]1(C)C=C/C(=N/OCCc2cccc(/C=C/P(C)(C)=O)c2)C=C1C[C@H]3Cl.CCC(=O)OCC(=O)[C@@]1(OC(=O)CC)[C@H](C)C[C@H]2[C@H]3[C@H]([C@@H](O)C[C@@]21C)[C@@]1(C)C=C/C(=N/OCCc2cccc(P(C)(C)=O)c2)C=C1C[C@H]3Cl. The average Bonchev–Trinajstić information content (AvgIpc) is 1.45. The van der Waals surface area contributed by atoms with E-state index in [4.69, 9.17) is 51.8 Å². The van der Waals surface area contributed by atoms with Crippen LogP contribution in [0, 0.1) is 69.0 Å². The van der Waals surface area contributed by atoms with Crippen LogP contribution in [0.4, 0.5) is 0 Å². The van der Waals surface area contributed by atoms with Gasteiger partial charge in [0.2, 0.25) is 11.6 Å². The third-order valence-electron chi connectivity index (χ3n) is 23.7. The van der Waals surface area contributed by atoms with Crippen molar-refractivity contribution in [2.45, 2.75) is 180 Å². The number of ether oxygens (including phenoxy) is 4. The molecule has 2 aromatic carbocycles. The molecule has 0 bridgehead atoms. The number of esters is 4. The Labute approximate surface area is 600 Å². The molecule has 0 saturated heterocycles. The van der Waals surface area contributed by atoms with Crippen LogP contribution in [-0.2, 0) is 79.4 Å². The Kier molecular flexibility index (Phi) is 24.2. The second-order valence-corrected chi connectivity index (χ2v) is 38.3. The third kappa shape index (κ3) is 15.3. The number of Topliss-reactive ketones (excluding diaryl/α,β-unsaturated/α-hetero) is 2. The second-order valence-electron chi connectivity index (χ2n) is 30.8. The van der Waals surface area contributed by atoms with Crippen LogP contribution in [0.1, 0.15) is 150 Å². The van der Waals surface area contributed by atoms with Crippen LogP contribution in [0.3, 0.4) is 0 Å². The van der Waals surface area contributed by atoms with Gasteiger partial charge in [0.1, 0.15) is 38.9 Å². The molecule has 6 saturated carbocycles. The lowest BCUT2D eigenvalue weighted by Crippen LogP contribution is -2.65. The minimum atomic E-state index is -2.35. The van der Waals surface area contributed by atoms with Crippen LogP contribution in [0.2, 0.25) is 0 Å². The van der Waals surface area contributed by atoms with Crippen LogP contribution in [0.5, 0.6) is 0 Å². The molecule has 0 amide bonds. The number of alkyl halides is 2. The van der Waals surface area contributed by atoms with Crippen molar-refractivity contribution in [1.82, 2.24) is 0 Å². The van der Waals surface area contributed by atoms with Gasteiger partial charge >= 0.3 is 23.9 Å². The third-order valence-corrected chi connectivity index (χ3v) is 27.0. The smallest absolute Gasteiger partial charge is 0.306 e. The highest BCUT2D eigenvalue weighted by atomic mass is 35.5. The second kappa shape index (κ2) is 30.9. The van der Waals surface area contributed by atoms with E-state index in [0.717, 1.165) is 33.1 Å². The highest BCUT2D eigenvalue weighted by molar-refractivity contribution is 7.70. The van der Waals surface area contributed by atoms with Gasteiger partial charge < -0.3 is 48.0 Å². The Hall–Kier alpha value is -5.74. The number of rotatable bonds is 23. The van der Waals surface area contributed by atoms with Crippen molar-refractivity contribution >= 4 is 95.7 Å². The topological polar surface area (TPSA) is 257 Å². The fourth-order valence-electron chi connectivity index (χ4n) is 18.9. The first-order valence-corrected chi connectivity index (χ1v) is 41.8. The molecule has 8 aliphatic rings. The molecule has 18 atom stereocenters. The van der Waals surface area contributed by atoms with Gasteiger partial charge in [0.05, 0.1) is 12.2 Å². The summed E-state index contributed by atoms with van der Waals surface area (Å²) in [5, 5.41) is 33.1. The van der Waals surface area contributed by atoms with E-state index in [1.54, 1.807) is 60.2 Å². The predicted octanol–water partition coefficient (Wildman–Crippen LogP) is 13.8. The summed E-state index contributed by atoms with van der Waals surface area (Å²) in [6, 6.07) is 15.8. The maximum absolute atomic E-state index is 14.1. The zero-order chi connectivity index (χ0) is 73.3. The minimum absolute atomic E-state index is 0.0858. The van der Waals surface area contributed by atoms with Crippen LogP contribution in [-0.4, -0.2) is 144 Å². The minimum Gasteiger partial charge on any atom is -0.457 e. The number of hydrogen-bond acceptors (Lipinski definition) is 18. The summed E-state index contributed by atoms with van der Waals surface area (Å²) in [5.41, 5.74) is 0.561. The molecule has 0 spiro atoms.